The van der Waals surface area contributed by atoms with E-state index in [1.54, 1.807) is 11.8 Å². The van der Waals surface area contributed by atoms with E-state index in [4.69, 9.17) is 4.74 Å². The molecule has 0 aliphatic rings. The summed E-state index contributed by atoms with van der Waals surface area (Å²) >= 11 is 1.65. The second-order valence-electron chi connectivity index (χ2n) is 6.53. The van der Waals surface area contributed by atoms with E-state index < -0.39 is 0 Å². The molecule has 1 N–H and O–H groups in total. The first-order valence-corrected chi connectivity index (χ1v) is 10.3. The Labute approximate surface area is 161 Å². The second-order valence-corrected chi connectivity index (χ2v) is 7.64. The molecule has 2 aromatic rings. The Bertz CT molecular complexity index is 743. The lowest BCUT2D eigenvalue weighted by molar-refractivity contribution is -0.113. The Morgan fingerprint density at radius 2 is 1.92 bits per heavy atom. The lowest BCUT2D eigenvalue weighted by Gasteiger charge is -2.13. The van der Waals surface area contributed by atoms with Gasteiger partial charge in [0.2, 0.25) is 5.91 Å². The maximum atomic E-state index is 12.2. The number of para-hydroxylation sites is 1. The van der Waals surface area contributed by atoms with Gasteiger partial charge in [0.1, 0.15) is 5.75 Å². The first-order valence-electron chi connectivity index (χ1n) is 9.17. The van der Waals surface area contributed by atoms with Crippen molar-refractivity contribution in [3.63, 3.8) is 0 Å². The Kier molecular flexibility index (Phi) is 8.05. The second kappa shape index (κ2) is 10.3. The number of nitrogens with one attached hydrogen (secondary N) is 1. The number of hydrogen-bond acceptors (Lipinski definition) is 3. The molecule has 0 aliphatic heterocycles. The van der Waals surface area contributed by atoms with Crippen molar-refractivity contribution < 1.29 is 9.53 Å². The molecular weight excluding hydrogens is 342 g/mol. The molecular formula is C22H29NO2S. The number of ether oxygens (including phenoxy) is 1. The van der Waals surface area contributed by atoms with E-state index in [1.807, 2.05) is 19.1 Å². The van der Waals surface area contributed by atoms with Gasteiger partial charge in [0.05, 0.1) is 12.4 Å². The van der Waals surface area contributed by atoms with Gasteiger partial charge in [-0.25, -0.2) is 0 Å². The molecule has 0 aliphatic carbocycles. The fraction of sp³-hybridized carbons (Fsp3) is 0.409. The molecule has 0 spiro atoms. The van der Waals surface area contributed by atoms with Gasteiger partial charge >= 0.3 is 0 Å². The van der Waals surface area contributed by atoms with E-state index in [-0.39, 0.29) is 5.91 Å². The molecule has 2 aromatic carbocycles. The number of carbonyl (C=O) groups is 1. The zero-order valence-electron chi connectivity index (χ0n) is 16.2. The van der Waals surface area contributed by atoms with Crippen LogP contribution in [0.2, 0.25) is 0 Å². The molecule has 0 fully saturated rings. The molecule has 0 radical (unpaired) electrons. The van der Waals surface area contributed by atoms with Crippen molar-refractivity contribution in [1.29, 1.82) is 0 Å². The van der Waals surface area contributed by atoms with Crippen LogP contribution in [0.4, 0.5) is 5.69 Å². The standard InChI is InChI=1S/C22H29NO2S/c1-5-19-9-6-8-18(4)22(19)23-21(24)15-26-13-7-12-25-20-14-16(2)10-11-17(20)3/h6,8-11,14H,5,7,12-13,15H2,1-4H3,(H,23,24). The minimum absolute atomic E-state index is 0.0643. The van der Waals surface area contributed by atoms with Crippen LogP contribution >= 0.6 is 11.8 Å². The van der Waals surface area contributed by atoms with E-state index in [0.717, 1.165) is 41.2 Å². The average molecular weight is 372 g/mol. The van der Waals surface area contributed by atoms with Crippen molar-refractivity contribution >= 4 is 23.4 Å². The van der Waals surface area contributed by atoms with Gasteiger partial charge in [0.15, 0.2) is 0 Å². The van der Waals surface area contributed by atoms with Gasteiger partial charge in [-0.3, -0.25) is 4.79 Å². The Morgan fingerprint density at radius 3 is 2.69 bits per heavy atom. The molecule has 1 amide bonds. The fourth-order valence-corrected chi connectivity index (χ4v) is 3.47. The largest absolute Gasteiger partial charge is 0.493 e. The molecule has 3 nitrogen and oxygen atoms in total. The maximum absolute atomic E-state index is 12.2. The van der Waals surface area contributed by atoms with Crippen LogP contribution in [0.25, 0.3) is 0 Å². The van der Waals surface area contributed by atoms with Crippen molar-refractivity contribution in [3.05, 3.63) is 58.7 Å². The summed E-state index contributed by atoms with van der Waals surface area (Å²) in [6.45, 7) is 8.95. The highest BCUT2D eigenvalue weighted by atomic mass is 32.2. The molecule has 0 saturated heterocycles. The summed E-state index contributed by atoms with van der Waals surface area (Å²) in [4.78, 5) is 12.2. The monoisotopic (exact) mass is 371 g/mol. The third-order valence-corrected chi connectivity index (χ3v) is 5.32. The predicted octanol–water partition coefficient (Wildman–Crippen LogP) is 5.32. The highest BCUT2D eigenvalue weighted by molar-refractivity contribution is 7.99. The number of hydrogen-bond donors (Lipinski definition) is 1. The first kappa shape index (κ1) is 20.4. The van der Waals surface area contributed by atoms with Gasteiger partial charge in [0, 0.05) is 5.69 Å². The van der Waals surface area contributed by atoms with Crippen LogP contribution in [0.15, 0.2) is 36.4 Å². The summed E-state index contributed by atoms with van der Waals surface area (Å²) in [5.41, 5.74) is 5.64. The number of aryl methyl sites for hydroxylation is 4. The van der Waals surface area contributed by atoms with Crippen LogP contribution in [-0.2, 0) is 11.2 Å². The molecule has 0 unspecified atom stereocenters. The van der Waals surface area contributed by atoms with Gasteiger partial charge in [-0.1, -0.05) is 37.3 Å². The minimum atomic E-state index is 0.0643. The smallest absolute Gasteiger partial charge is 0.234 e. The van der Waals surface area contributed by atoms with E-state index in [2.05, 4.69) is 50.4 Å². The summed E-state index contributed by atoms with van der Waals surface area (Å²) in [7, 11) is 0. The van der Waals surface area contributed by atoms with Crippen LogP contribution in [0.1, 0.15) is 35.6 Å². The highest BCUT2D eigenvalue weighted by Gasteiger charge is 2.08. The zero-order chi connectivity index (χ0) is 18.9. The molecule has 0 saturated carbocycles. The van der Waals surface area contributed by atoms with Gasteiger partial charge in [-0.05, 0) is 67.7 Å². The van der Waals surface area contributed by atoms with Crippen LogP contribution in [-0.4, -0.2) is 24.0 Å². The first-order chi connectivity index (χ1) is 12.5. The number of thioether (sulfide) groups is 1. The number of rotatable bonds is 9. The zero-order valence-corrected chi connectivity index (χ0v) is 17.0. The molecule has 4 heteroatoms. The predicted molar refractivity (Wildman–Crippen MR) is 113 cm³/mol. The molecule has 26 heavy (non-hydrogen) atoms. The molecule has 0 heterocycles. The summed E-state index contributed by atoms with van der Waals surface area (Å²) in [6, 6.07) is 12.4. The Morgan fingerprint density at radius 1 is 1.12 bits per heavy atom. The maximum Gasteiger partial charge on any atom is 0.234 e. The number of benzene rings is 2. The normalized spacial score (nSPS) is 10.6. The molecule has 0 atom stereocenters. The van der Waals surface area contributed by atoms with Crippen molar-refractivity contribution in [3.8, 4) is 5.75 Å². The summed E-state index contributed by atoms with van der Waals surface area (Å²) in [5, 5.41) is 3.07. The summed E-state index contributed by atoms with van der Waals surface area (Å²) < 4.78 is 5.85. The third-order valence-electron chi connectivity index (χ3n) is 4.27. The van der Waals surface area contributed by atoms with E-state index in [1.165, 1.54) is 11.1 Å². The van der Waals surface area contributed by atoms with Crippen LogP contribution in [0.3, 0.4) is 0 Å². The number of anilines is 1. The summed E-state index contributed by atoms with van der Waals surface area (Å²) in [6.07, 6.45) is 1.84. The molecule has 0 aromatic heterocycles. The fourth-order valence-electron chi connectivity index (χ4n) is 2.75. The number of carbonyl (C=O) groups excluding carboxylic acids is 1. The lowest BCUT2D eigenvalue weighted by atomic mass is 10.1. The van der Waals surface area contributed by atoms with Gasteiger partial charge in [-0.15, -0.1) is 0 Å². The third kappa shape index (κ3) is 6.10. The quantitative estimate of drug-likeness (QED) is 0.607. The summed E-state index contributed by atoms with van der Waals surface area (Å²) in [5.74, 6) is 2.40. The molecule has 0 bridgehead atoms. The van der Waals surface area contributed by atoms with Gasteiger partial charge < -0.3 is 10.1 Å². The van der Waals surface area contributed by atoms with Crippen LogP contribution in [0, 0.1) is 20.8 Å². The van der Waals surface area contributed by atoms with Crippen molar-refractivity contribution in [2.24, 2.45) is 0 Å². The van der Waals surface area contributed by atoms with Gasteiger partial charge in [0.25, 0.3) is 0 Å². The van der Waals surface area contributed by atoms with Crippen molar-refractivity contribution in [2.75, 3.05) is 23.4 Å². The minimum Gasteiger partial charge on any atom is -0.493 e. The van der Waals surface area contributed by atoms with E-state index in [9.17, 15) is 4.79 Å². The molecule has 140 valence electrons. The van der Waals surface area contributed by atoms with Crippen molar-refractivity contribution in [1.82, 2.24) is 0 Å². The van der Waals surface area contributed by atoms with Crippen molar-refractivity contribution in [2.45, 2.75) is 40.5 Å². The topological polar surface area (TPSA) is 38.3 Å². The number of amides is 1. The SMILES string of the molecule is CCc1cccc(C)c1NC(=O)CSCCCOc1cc(C)ccc1C. The Hall–Kier alpha value is -1.94. The molecule has 2 rings (SSSR count). The lowest BCUT2D eigenvalue weighted by Crippen LogP contribution is -2.16. The van der Waals surface area contributed by atoms with Gasteiger partial charge in [-0.2, -0.15) is 11.8 Å². The average Bonchev–Trinajstić information content (AvgIpc) is 2.62. The van der Waals surface area contributed by atoms with Crippen LogP contribution < -0.4 is 10.1 Å². The van der Waals surface area contributed by atoms with E-state index >= 15 is 0 Å². The van der Waals surface area contributed by atoms with Crippen LogP contribution in [0.5, 0.6) is 5.75 Å². The highest BCUT2D eigenvalue weighted by Crippen LogP contribution is 2.22. The van der Waals surface area contributed by atoms with E-state index in [0.29, 0.717) is 12.4 Å². The Balaban J connectivity index is 1.68.